The summed E-state index contributed by atoms with van der Waals surface area (Å²) in [7, 11) is 0. The van der Waals surface area contributed by atoms with Crippen LogP contribution in [-0.2, 0) is 0 Å². The molecule has 0 amide bonds. The number of hydrogen-bond acceptors (Lipinski definition) is 4. The summed E-state index contributed by atoms with van der Waals surface area (Å²) in [5.74, 6) is 2.56. The largest absolute Gasteiger partial charge is 0.494 e. The van der Waals surface area contributed by atoms with Crippen LogP contribution >= 0.6 is 0 Å². The molecule has 0 aliphatic carbocycles. The fourth-order valence-electron chi connectivity index (χ4n) is 2.12. The van der Waals surface area contributed by atoms with E-state index < -0.39 is 0 Å². The van der Waals surface area contributed by atoms with Crippen LogP contribution in [0.4, 0.5) is 5.82 Å². The van der Waals surface area contributed by atoms with Gasteiger partial charge < -0.3 is 10.1 Å². The van der Waals surface area contributed by atoms with Crippen molar-refractivity contribution in [3.8, 4) is 17.0 Å². The zero-order valence-electron chi connectivity index (χ0n) is 12.5. The molecule has 0 saturated carbocycles. The van der Waals surface area contributed by atoms with Crippen molar-refractivity contribution < 1.29 is 4.74 Å². The van der Waals surface area contributed by atoms with Gasteiger partial charge in [0.1, 0.15) is 17.4 Å². The maximum Gasteiger partial charge on any atom is 0.133 e. The number of anilines is 1. The van der Waals surface area contributed by atoms with Gasteiger partial charge in [-0.2, -0.15) is 0 Å². The molecule has 106 valence electrons. The first kappa shape index (κ1) is 14.3. The first-order valence-corrected chi connectivity index (χ1v) is 6.98. The maximum absolute atomic E-state index is 5.47. The predicted molar refractivity (Wildman–Crippen MR) is 82.3 cm³/mol. The molecule has 0 unspecified atom stereocenters. The highest BCUT2D eigenvalue weighted by molar-refractivity contribution is 5.68. The summed E-state index contributed by atoms with van der Waals surface area (Å²) in [6.45, 7) is 9.53. The predicted octanol–water partition coefficient (Wildman–Crippen LogP) is 3.59. The lowest BCUT2D eigenvalue weighted by molar-refractivity contribution is 0.340. The van der Waals surface area contributed by atoms with Gasteiger partial charge in [-0.1, -0.05) is 0 Å². The van der Waals surface area contributed by atoms with Gasteiger partial charge in [0.25, 0.3) is 0 Å². The van der Waals surface area contributed by atoms with Gasteiger partial charge in [-0.15, -0.1) is 0 Å². The second-order valence-corrected chi connectivity index (χ2v) is 4.58. The van der Waals surface area contributed by atoms with Gasteiger partial charge in [0.05, 0.1) is 12.3 Å². The molecule has 1 N–H and O–H groups in total. The zero-order valence-corrected chi connectivity index (χ0v) is 12.5. The quantitative estimate of drug-likeness (QED) is 0.902. The normalized spacial score (nSPS) is 10.4. The van der Waals surface area contributed by atoms with Crippen LogP contribution in [0.5, 0.6) is 5.75 Å². The van der Waals surface area contributed by atoms with E-state index in [9.17, 15) is 0 Å². The number of aromatic nitrogens is 2. The van der Waals surface area contributed by atoms with Crippen molar-refractivity contribution >= 4 is 5.82 Å². The molecule has 0 radical (unpaired) electrons. The highest BCUT2D eigenvalue weighted by Gasteiger charge is 2.10. The van der Waals surface area contributed by atoms with Gasteiger partial charge in [-0.05, 0) is 52.0 Å². The van der Waals surface area contributed by atoms with Crippen LogP contribution in [0.15, 0.2) is 24.3 Å². The van der Waals surface area contributed by atoms with Crippen molar-refractivity contribution in [2.75, 3.05) is 18.5 Å². The van der Waals surface area contributed by atoms with Crippen molar-refractivity contribution in [2.24, 2.45) is 0 Å². The number of ether oxygens (including phenoxy) is 1. The van der Waals surface area contributed by atoms with Crippen molar-refractivity contribution in [1.29, 1.82) is 0 Å². The van der Waals surface area contributed by atoms with Gasteiger partial charge >= 0.3 is 0 Å². The van der Waals surface area contributed by atoms with E-state index in [1.807, 2.05) is 45.0 Å². The molecular weight excluding hydrogens is 250 g/mol. The smallest absolute Gasteiger partial charge is 0.133 e. The van der Waals surface area contributed by atoms with Crippen LogP contribution in [-0.4, -0.2) is 23.1 Å². The Kier molecular flexibility index (Phi) is 4.56. The van der Waals surface area contributed by atoms with E-state index in [1.54, 1.807) is 0 Å². The minimum atomic E-state index is 0.676. The number of nitrogens with zero attached hydrogens (tertiary/aromatic N) is 2. The topological polar surface area (TPSA) is 47.0 Å². The molecule has 2 aromatic rings. The van der Waals surface area contributed by atoms with E-state index in [4.69, 9.17) is 4.74 Å². The third-order valence-electron chi connectivity index (χ3n) is 3.04. The van der Waals surface area contributed by atoms with Crippen LogP contribution in [0.2, 0.25) is 0 Å². The van der Waals surface area contributed by atoms with E-state index in [0.29, 0.717) is 6.61 Å². The Hall–Kier alpha value is -2.10. The summed E-state index contributed by atoms with van der Waals surface area (Å²) in [6, 6.07) is 8.02. The van der Waals surface area contributed by atoms with E-state index >= 15 is 0 Å². The molecule has 4 heteroatoms. The molecule has 0 bridgehead atoms. The molecule has 4 nitrogen and oxygen atoms in total. The van der Waals surface area contributed by atoms with Gasteiger partial charge in [0.2, 0.25) is 0 Å². The van der Waals surface area contributed by atoms with E-state index in [-0.39, 0.29) is 0 Å². The molecule has 0 spiro atoms. The molecule has 20 heavy (non-hydrogen) atoms. The van der Waals surface area contributed by atoms with Crippen LogP contribution in [0.3, 0.4) is 0 Å². The van der Waals surface area contributed by atoms with E-state index in [0.717, 1.165) is 40.8 Å². The SMILES string of the molecule is CCNc1nc(C)nc(-c2ccc(OCC)cc2)c1C. The molecule has 0 saturated heterocycles. The van der Waals surface area contributed by atoms with Crippen LogP contribution in [0.1, 0.15) is 25.2 Å². The molecule has 0 aliphatic heterocycles. The van der Waals surface area contributed by atoms with Crippen molar-refractivity contribution in [1.82, 2.24) is 9.97 Å². The van der Waals surface area contributed by atoms with Crippen LogP contribution in [0, 0.1) is 13.8 Å². The number of benzene rings is 1. The van der Waals surface area contributed by atoms with E-state index in [2.05, 4.69) is 22.2 Å². The molecule has 0 fully saturated rings. The summed E-state index contributed by atoms with van der Waals surface area (Å²) >= 11 is 0. The van der Waals surface area contributed by atoms with Crippen molar-refractivity contribution in [3.05, 3.63) is 35.7 Å². The fourth-order valence-corrected chi connectivity index (χ4v) is 2.12. The molecule has 1 aromatic heterocycles. The lowest BCUT2D eigenvalue weighted by Gasteiger charge is -2.12. The second kappa shape index (κ2) is 6.37. The Balaban J connectivity index is 2.41. The summed E-state index contributed by atoms with van der Waals surface area (Å²) in [5.41, 5.74) is 3.12. The van der Waals surface area contributed by atoms with Gasteiger partial charge in [0.15, 0.2) is 0 Å². The van der Waals surface area contributed by atoms with Crippen LogP contribution in [0.25, 0.3) is 11.3 Å². The summed E-state index contributed by atoms with van der Waals surface area (Å²) in [6.07, 6.45) is 0. The lowest BCUT2D eigenvalue weighted by Crippen LogP contribution is -2.06. The highest BCUT2D eigenvalue weighted by atomic mass is 16.5. The Labute approximate surface area is 120 Å². The molecular formula is C16H21N3O. The average Bonchev–Trinajstić information content (AvgIpc) is 2.44. The first-order chi connectivity index (χ1) is 9.65. The maximum atomic E-state index is 5.47. The zero-order chi connectivity index (χ0) is 14.5. The van der Waals surface area contributed by atoms with Gasteiger partial charge in [-0.3, -0.25) is 0 Å². The third kappa shape index (κ3) is 3.07. The Morgan fingerprint density at radius 3 is 2.35 bits per heavy atom. The Bertz CT molecular complexity index is 579. The average molecular weight is 271 g/mol. The van der Waals surface area contributed by atoms with E-state index in [1.165, 1.54) is 0 Å². The Morgan fingerprint density at radius 1 is 1.05 bits per heavy atom. The Morgan fingerprint density at radius 2 is 1.75 bits per heavy atom. The number of nitrogens with one attached hydrogen (secondary N) is 1. The van der Waals surface area contributed by atoms with Gasteiger partial charge in [0, 0.05) is 17.7 Å². The number of aryl methyl sites for hydroxylation is 1. The molecule has 1 aromatic carbocycles. The molecule has 2 rings (SSSR count). The highest BCUT2D eigenvalue weighted by Crippen LogP contribution is 2.27. The summed E-state index contributed by atoms with van der Waals surface area (Å²) < 4.78 is 5.47. The first-order valence-electron chi connectivity index (χ1n) is 6.98. The van der Waals surface area contributed by atoms with Gasteiger partial charge in [-0.25, -0.2) is 9.97 Å². The minimum absolute atomic E-state index is 0.676. The number of hydrogen-bond donors (Lipinski definition) is 1. The molecule has 0 atom stereocenters. The standard InChI is InChI=1S/C16H21N3O/c1-5-17-16-11(3)15(18-12(4)19-16)13-7-9-14(10-8-13)20-6-2/h7-10H,5-6H2,1-4H3,(H,17,18,19). The summed E-state index contributed by atoms with van der Waals surface area (Å²) in [4.78, 5) is 9.02. The molecule has 0 aliphatic rings. The summed E-state index contributed by atoms with van der Waals surface area (Å²) in [5, 5.41) is 3.28. The fraction of sp³-hybridized carbons (Fsp3) is 0.375. The monoisotopic (exact) mass is 271 g/mol. The number of rotatable bonds is 5. The minimum Gasteiger partial charge on any atom is -0.494 e. The van der Waals surface area contributed by atoms with Crippen LogP contribution < -0.4 is 10.1 Å². The third-order valence-corrected chi connectivity index (χ3v) is 3.04. The second-order valence-electron chi connectivity index (χ2n) is 4.58. The lowest BCUT2D eigenvalue weighted by atomic mass is 10.1. The molecule has 1 heterocycles. The van der Waals surface area contributed by atoms with Crippen molar-refractivity contribution in [3.63, 3.8) is 0 Å². The van der Waals surface area contributed by atoms with Crippen molar-refractivity contribution in [2.45, 2.75) is 27.7 Å².